The van der Waals surface area contributed by atoms with E-state index in [9.17, 15) is 13.2 Å². The first-order valence-corrected chi connectivity index (χ1v) is 10.9. The maximum Gasteiger partial charge on any atom is 0.393 e. The third-order valence-corrected chi connectivity index (χ3v) is 5.82. The van der Waals surface area contributed by atoms with Crippen LogP contribution >= 0.6 is 0 Å². The van der Waals surface area contributed by atoms with Crippen LogP contribution in [0.3, 0.4) is 0 Å². The van der Waals surface area contributed by atoms with Gasteiger partial charge in [-0.2, -0.15) is 13.2 Å². The minimum Gasteiger partial charge on any atom is -0.201 e. The first-order chi connectivity index (χ1) is 11.2. The zero-order chi connectivity index (χ0) is 19.2. The predicted octanol–water partition coefficient (Wildman–Crippen LogP) is 4.14. The lowest BCUT2D eigenvalue weighted by molar-refractivity contribution is -0.659. The number of alkyl halides is 3. The van der Waals surface area contributed by atoms with E-state index < -0.39 is 20.6 Å². The third-order valence-electron chi connectivity index (χ3n) is 3.79. The Morgan fingerprint density at radius 1 is 1.13 bits per heavy atom. The van der Waals surface area contributed by atoms with Crippen molar-refractivity contribution in [2.24, 2.45) is 7.05 Å². The van der Waals surface area contributed by atoms with Crippen LogP contribution in [0.15, 0.2) is 36.5 Å². The fraction of sp³-hybridized carbons (Fsp3) is 0.389. The van der Waals surface area contributed by atoms with Gasteiger partial charge in [-0.1, -0.05) is 37.8 Å². The zero-order valence-electron chi connectivity index (χ0n) is 16.0. The second-order valence-corrected chi connectivity index (χ2v) is 11.9. The number of halogens is 3. The van der Waals surface area contributed by atoms with Crippen molar-refractivity contribution in [1.82, 2.24) is 0 Å². The number of hydrogen-bond acceptors (Lipinski definition) is 0. The molecule has 23 heavy (non-hydrogen) atoms. The molecule has 0 amide bonds. The highest BCUT2D eigenvalue weighted by molar-refractivity contribution is 6.88. The van der Waals surface area contributed by atoms with Crippen molar-refractivity contribution in [2.45, 2.75) is 39.1 Å². The Labute approximate surface area is 139 Å². The van der Waals surface area contributed by atoms with E-state index in [-0.39, 0.29) is 5.56 Å². The minimum absolute atomic E-state index is 0.373. The molecule has 5 heteroatoms. The van der Waals surface area contributed by atoms with Crippen LogP contribution in [0.1, 0.15) is 13.9 Å². The van der Waals surface area contributed by atoms with Gasteiger partial charge < -0.3 is 0 Å². The standard InChI is InChI=1S/C18H23F3NSi/c1-13-10-14(11-18(19,20)21)6-8-16(13)17-9-7-15(12-22(17)2)23(3,4)5/h6-10,12H,11H2,1-5H3/q+1/i11D2. The monoisotopic (exact) mass is 340 g/mol. The smallest absolute Gasteiger partial charge is 0.201 e. The van der Waals surface area contributed by atoms with Crippen molar-refractivity contribution >= 4 is 13.3 Å². The Kier molecular flexibility index (Phi) is 3.97. The van der Waals surface area contributed by atoms with Crippen LogP contribution in [0, 0.1) is 6.92 Å². The molecule has 0 radical (unpaired) electrons. The summed E-state index contributed by atoms with van der Waals surface area (Å²) in [5.74, 6) is 0. The van der Waals surface area contributed by atoms with Crippen molar-refractivity contribution < 1.29 is 20.5 Å². The molecular formula is C18H23F3NSi+. The van der Waals surface area contributed by atoms with E-state index in [1.54, 1.807) is 13.0 Å². The summed E-state index contributed by atoms with van der Waals surface area (Å²) in [4.78, 5) is 0. The van der Waals surface area contributed by atoms with Crippen LogP contribution in [-0.4, -0.2) is 14.3 Å². The summed E-state index contributed by atoms with van der Waals surface area (Å²) in [5, 5.41) is 1.29. The Morgan fingerprint density at radius 2 is 1.78 bits per heavy atom. The number of aromatic nitrogens is 1. The molecule has 0 aliphatic carbocycles. The van der Waals surface area contributed by atoms with Crippen LogP contribution in [0.2, 0.25) is 19.6 Å². The lowest BCUT2D eigenvalue weighted by Crippen LogP contribution is -2.44. The maximum atomic E-state index is 12.9. The van der Waals surface area contributed by atoms with Crippen molar-refractivity contribution in [2.75, 3.05) is 0 Å². The van der Waals surface area contributed by atoms with Gasteiger partial charge in [0.15, 0.2) is 6.20 Å². The molecular weight excluding hydrogens is 315 g/mol. The Hall–Kier alpha value is -1.62. The topological polar surface area (TPSA) is 3.88 Å². The number of hydrogen-bond donors (Lipinski definition) is 0. The van der Waals surface area contributed by atoms with E-state index in [1.165, 1.54) is 17.3 Å². The zero-order valence-corrected chi connectivity index (χ0v) is 15.0. The number of pyridine rings is 1. The molecule has 0 unspecified atom stereocenters. The van der Waals surface area contributed by atoms with Crippen LogP contribution in [0.5, 0.6) is 0 Å². The fourth-order valence-electron chi connectivity index (χ4n) is 2.52. The molecule has 124 valence electrons. The summed E-state index contributed by atoms with van der Waals surface area (Å²) in [6.07, 6.45) is -6.23. The quantitative estimate of drug-likeness (QED) is 0.584. The summed E-state index contributed by atoms with van der Waals surface area (Å²) >= 11 is 0. The summed E-state index contributed by atoms with van der Waals surface area (Å²) in [6.45, 7) is 8.46. The molecule has 0 bridgehead atoms. The summed E-state index contributed by atoms with van der Waals surface area (Å²) in [7, 11) is 0.466. The first-order valence-electron chi connectivity index (χ1n) is 8.43. The van der Waals surface area contributed by atoms with Crippen molar-refractivity contribution in [1.29, 1.82) is 0 Å². The van der Waals surface area contributed by atoms with Gasteiger partial charge in [-0.05, 0) is 24.1 Å². The van der Waals surface area contributed by atoms with E-state index in [4.69, 9.17) is 2.74 Å². The number of rotatable bonds is 3. The average Bonchev–Trinajstić information content (AvgIpc) is 2.45. The molecule has 0 saturated carbocycles. The molecule has 1 heterocycles. The van der Waals surface area contributed by atoms with Gasteiger partial charge in [0.25, 0.3) is 0 Å². The molecule has 0 N–H and O–H groups in total. The summed E-state index contributed by atoms with van der Waals surface area (Å²) in [6, 6.07) is 8.13. The Bertz CT molecular complexity index is 796. The number of nitrogens with zero attached hydrogens (tertiary/aromatic N) is 1. The van der Waals surface area contributed by atoms with Gasteiger partial charge in [0, 0.05) is 19.6 Å². The second kappa shape index (κ2) is 6.11. The molecule has 0 fully saturated rings. The molecule has 1 aromatic heterocycles. The largest absolute Gasteiger partial charge is 0.393 e. The van der Waals surface area contributed by atoms with Gasteiger partial charge in [0.05, 0.1) is 14.4 Å². The highest BCUT2D eigenvalue weighted by Gasteiger charge is 2.28. The van der Waals surface area contributed by atoms with Gasteiger partial charge in [0.2, 0.25) is 5.69 Å². The molecule has 0 aliphatic rings. The highest BCUT2D eigenvalue weighted by Crippen LogP contribution is 2.26. The van der Waals surface area contributed by atoms with Gasteiger partial charge in [-0.15, -0.1) is 0 Å². The van der Waals surface area contributed by atoms with Crippen molar-refractivity contribution in [3.05, 3.63) is 47.7 Å². The van der Waals surface area contributed by atoms with E-state index in [0.29, 0.717) is 5.56 Å². The lowest BCUT2D eigenvalue weighted by atomic mass is 10.0. The minimum atomic E-state index is -4.94. The summed E-state index contributed by atoms with van der Waals surface area (Å²) < 4.78 is 55.5. The lowest BCUT2D eigenvalue weighted by Gasteiger charge is -2.15. The average molecular weight is 340 g/mol. The van der Waals surface area contributed by atoms with E-state index >= 15 is 0 Å². The molecule has 1 aromatic carbocycles. The maximum absolute atomic E-state index is 12.9. The molecule has 0 aliphatic heterocycles. The molecule has 1 nitrogen and oxygen atoms in total. The third kappa shape index (κ3) is 4.44. The van der Waals surface area contributed by atoms with E-state index in [1.807, 2.05) is 17.7 Å². The fourth-order valence-corrected chi connectivity index (χ4v) is 3.69. The Morgan fingerprint density at radius 3 is 2.26 bits per heavy atom. The highest BCUT2D eigenvalue weighted by atomic mass is 28.3. The molecule has 0 saturated heterocycles. The van der Waals surface area contributed by atoms with Gasteiger partial charge in [0.1, 0.15) is 7.05 Å². The SMILES string of the molecule is [2H]C([2H])(c1ccc(-c2ccc([Si](C)(C)C)c[n+]2C)c(C)c1)C(F)(F)F. The predicted molar refractivity (Wildman–Crippen MR) is 90.5 cm³/mol. The first kappa shape index (κ1) is 14.9. The van der Waals surface area contributed by atoms with Crippen LogP contribution in [-0.2, 0) is 13.4 Å². The van der Waals surface area contributed by atoms with Crippen molar-refractivity contribution in [3.63, 3.8) is 0 Å². The van der Waals surface area contributed by atoms with Gasteiger partial charge in [-0.3, -0.25) is 0 Å². The molecule has 0 spiro atoms. The molecule has 2 aromatic rings. The van der Waals surface area contributed by atoms with Crippen LogP contribution < -0.4 is 9.75 Å². The van der Waals surface area contributed by atoms with E-state index in [0.717, 1.165) is 11.3 Å². The van der Waals surface area contributed by atoms with Crippen LogP contribution in [0.4, 0.5) is 13.2 Å². The normalized spacial score (nSPS) is 14.4. The number of aryl methyl sites for hydroxylation is 2. The summed E-state index contributed by atoms with van der Waals surface area (Å²) in [5.41, 5.74) is 1.93. The molecule has 0 atom stereocenters. The second-order valence-electron chi connectivity index (χ2n) is 6.82. The van der Waals surface area contributed by atoms with E-state index in [2.05, 4.69) is 31.9 Å². The molecule has 2 rings (SSSR count). The number of benzene rings is 1. The Balaban J connectivity index is 2.50. The van der Waals surface area contributed by atoms with Gasteiger partial charge >= 0.3 is 6.18 Å². The van der Waals surface area contributed by atoms with Crippen molar-refractivity contribution in [3.8, 4) is 11.3 Å². The van der Waals surface area contributed by atoms with Crippen LogP contribution in [0.25, 0.3) is 11.3 Å². The van der Waals surface area contributed by atoms with Gasteiger partial charge in [-0.25, -0.2) is 4.57 Å².